The predicted octanol–water partition coefficient (Wildman–Crippen LogP) is 2.45. The third kappa shape index (κ3) is 3.15. The summed E-state index contributed by atoms with van der Waals surface area (Å²) < 4.78 is 27.5. The number of rotatable bonds is 5. The summed E-state index contributed by atoms with van der Waals surface area (Å²) in [6.45, 7) is 5.81. The monoisotopic (exact) mass is 336 g/mol. The van der Waals surface area contributed by atoms with Gasteiger partial charge in [-0.15, -0.1) is 0 Å². The molecule has 1 aromatic rings. The molecule has 6 heteroatoms. The number of amides is 1. The van der Waals surface area contributed by atoms with E-state index in [9.17, 15) is 13.2 Å². The molecule has 5 nitrogen and oxygen atoms in total. The third-order valence-corrected chi connectivity index (χ3v) is 6.30. The molecular formula is C17H24N2O3S. The fraction of sp³-hybridized carbons (Fsp3) is 0.588. The average molecular weight is 336 g/mol. The highest BCUT2D eigenvalue weighted by atomic mass is 32.2. The van der Waals surface area contributed by atoms with Gasteiger partial charge in [0.05, 0.1) is 4.90 Å². The zero-order valence-electron chi connectivity index (χ0n) is 13.9. The van der Waals surface area contributed by atoms with Crippen LogP contribution in [0.5, 0.6) is 0 Å². The lowest BCUT2D eigenvalue weighted by molar-refractivity contribution is -0.120. The van der Waals surface area contributed by atoms with Gasteiger partial charge in [-0.25, -0.2) is 13.1 Å². The number of nitrogens with one attached hydrogen (secondary N) is 1. The summed E-state index contributed by atoms with van der Waals surface area (Å²) in [6, 6.07) is 5.11. The number of carbonyl (C=O) groups excluding carboxylic acids is 1. The summed E-state index contributed by atoms with van der Waals surface area (Å²) in [5.41, 5.74) is 1.82. The maximum Gasteiger partial charge on any atom is 0.240 e. The van der Waals surface area contributed by atoms with Crippen molar-refractivity contribution in [2.45, 2.75) is 63.4 Å². The number of carbonyl (C=O) groups is 1. The summed E-state index contributed by atoms with van der Waals surface area (Å²) in [5, 5.41) is 0. The van der Waals surface area contributed by atoms with Crippen LogP contribution in [0.25, 0.3) is 0 Å². The predicted molar refractivity (Wildman–Crippen MR) is 89.9 cm³/mol. The molecular weight excluding hydrogens is 312 g/mol. The largest absolute Gasteiger partial charge is 0.309 e. The summed E-state index contributed by atoms with van der Waals surface area (Å²) in [6.07, 6.45) is 3.40. The standard InChI is InChI=1S/C17H24N2O3S/c1-4-11(2)18-23(21,22)15-7-8-16-14(10-15)9-12(3)19(16)17(20)13-5-6-13/h7-8,10-13,18H,4-6,9H2,1-3H3/t11-,12+/m0/s1. The van der Waals surface area contributed by atoms with Gasteiger partial charge in [0, 0.05) is 23.7 Å². The number of fused-ring (bicyclic) bond motifs is 1. The van der Waals surface area contributed by atoms with Gasteiger partial charge in [-0.3, -0.25) is 4.79 Å². The van der Waals surface area contributed by atoms with Crippen LogP contribution in [0.1, 0.15) is 45.6 Å². The van der Waals surface area contributed by atoms with Crippen molar-refractivity contribution in [3.8, 4) is 0 Å². The Bertz CT molecular complexity index is 725. The maximum atomic E-state index is 12.4. The second-order valence-corrected chi connectivity index (χ2v) is 8.47. The first kappa shape index (κ1) is 16.5. The molecule has 0 radical (unpaired) electrons. The first-order valence-corrected chi connectivity index (χ1v) is 9.80. The number of anilines is 1. The molecule has 1 aliphatic carbocycles. The molecule has 1 aromatic carbocycles. The summed E-state index contributed by atoms with van der Waals surface area (Å²) in [5.74, 6) is 0.350. The van der Waals surface area contributed by atoms with Crippen molar-refractivity contribution >= 4 is 21.6 Å². The summed E-state index contributed by atoms with van der Waals surface area (Å²) >= 11 is 0. The molecule has 1 heterocycles. The van der Waals surface area contributed by atoms with Crippen LogP contribution in [0.2, 0.25) is 0 Å². The molecule has 1 amide bonds. The van der Waals surface area contributed by atoms with Crippen molar-refractivity contribution in [2.24, 2.45) is 5.92 Å². The first-order valence-electron chi connectivity index (χ1n) is 8.31. The minimum atomic E-state index is -3.51. The minimum Gasteiger partial charge on any atom is -0.309 e. The van der Waals surface area contributed by atoms with E-state index in [0.717, 1.165) is 30.5 Å². The van der Waals surface area contributed by atoms with Crippen molar-refractivity contribution in [2.75, 3.05) is 4.90 Å². The summed E-state index contributed by atoms with van der Waals surface area (Å²) in [7, 11) is -3.51. The molecule has 0 bridgehead atoms. The minimum absolute atomic E-state index is 0.0959. The Morgan fingerprint density at radius 2 is 2.09 bits per heavy atom. The first-order chi connectivity index (χ1) is 10.8. The SMILES string of the molecule is CC[C@H](C)NS(=O)(=O)c1ccc2c(c1)C[C@@H](C)N2C(=O)C1CC1. The molecule has 0 unspecified atom stereocenters. The molecule has 23 heavy (non-hydrogen) atoms. The van der Waals surface area contributed by atoms with E-state index in [1.807, 2.05) is 25.7 Å². The molecule has 1 fully saturated rings. The van der Waals surface area contributed by atoms with Crippen LogP contribution in [0.15, 0.2) is 23.1 Å². The van der Waals surface area contributed by atoms with E-state index in [4.69, 9.17) is 0 Å². The highest BCUT2D eigenvalue weighted by Gasteiger charge is 2.39. The van der Waals surface area contributed by atoms with Gasteiger partial charge in [-0.05, 0) is 63.3 Å². The van der Waals surface area contributed by atoms with Gasteiger partial charge < -0.3 is 4.90 Å². The molecule has 0 spiro atoms. The van der Waals surface area contributed by atoms with Gasteiger partial charge in [-0.2, -0.15) is 0 Å². The van der Waals surface area contributed by atoms with Crippen molar-refractivity contribution in [3.05, 3.63) is 23.8 Å². The van der Waals surface area contributed by atoms with Crippen molar-refractivity contribution in [3.63, 3.8) is 0 Å². The number of hydrogen-bond donors (Lipinski definition) is 1. The number of nitrogens with zero attached hydrogens (tertiary/aromatic N) is 1. The van der Waals surface area contributed by atoms with Gasteiger partial charge in [0.2, 0.25) is 15.9 Å². The van der Waals surface area contributed by atoms with Crippen LogP contribution in [0.4, 0.5) is 5.69 Å². The van der Waals surface area contributed by atoms with Crippen molar-refractivity contribution in [1.29, 1.82) is 0 Å². The van der Waals surface area contributed by atoms with Crippen LogP contribution >= 0.6 is 0 Å². The van der Waals surface area contributed by atoms with E-state index in [0.29, 0.717) is 6.42 Å². The van der Waals surface area contributed by atoms with Crippen LogP contribution in [0, 0.1) is 5.92 Å². The molecule has 1 saturated carbocycles. The summed E-state index contributed by atoms with van der Waals surface area (Å²) in [4.78, 5) is 14.6. The Morgan fingerprint density at radius 3 is 2.70 bits per heavy atom. The lowest BCUT2D eigenvalue weighted by atomic mass is 10.1. The fourth-order valence-corrected chi connectivity index (χ4v) is 4.43. The maximum absolute atomic E-state index is 12.4. The lowest BCUT2D eigenvalue weighted by Crippen LogP contribution is -2.36. The van der Waals surface area contributed by atoms with Crippen LogP contribution in [0.3, 0.4) is 0 Å². The van der Waals surface area contributed by atoms with E-state index < -0.39 is 10.0 Å². The molecule has 0 saturated heterocycles. The van der Waals surface area contributed by atoms with E-state index in [1.165, 1.54) is 0 Å². The van der Waals surface area contributed by atoms with E-state index in [-0.39, 0.29) is 28.8 Å². The van der Waals surface area contributed by atoms with Crippen LogP contribution in [-0.2, 0) is 21.2 Å². The topological polar surface area (TPSA) is 66.5 Å². The zero-order chi connectivity index (χ0) is 16.8. The third-order valence-electron chi connectivity index (χ3n) is 4.71. The Kier molecular flexibility index (Phi) is 4.23. The molecule has 2 aliphatic rings. The zero-order valence-corrected chi connectivity index (χ0v) is 14.7. The fourth-order valence-electron chi connectivity index (χ4n) is 3.05. The quantitative estimate of drug-likeness (QED) is 0.898. The van der Waals surface area contributed by atoms with Gasteiger partial charge in [0.25, 0.3) is 0 Å². The molecule has 126 valence electrons. The molecule has 1 N–H and O–H groups in total. The Morgan fingerprint density at radius 1 is 1.39 bits per heavy atom. The normalized spacial score (nSPS) is 22.0. The second-order valence-electron chi connectivity index (χ2n) is 6.76. The molecule has 3 rings (SSSR count). The van der Waals surface area contributed by atoms with Crippen molar-refractivity contribution < 1.29 is 13.2 Å². The second kappa shape index (κ2) is 5.91. The number of benzene rings is 1. The Labute approximate surface area is 138 Å². The van der Waals surface area contributed by atoms with Gasteiger partial charge >= 0.3 is 0 Å². The van der Waals surface area contributed by atoms with E-state index >= 15 is 0 Å². The number of sulfonamides is 1. The average Bonchev–Trinajstić information content (AvgIpc) is 3.28. The smallest absolute Gasteiger partial charge is 0.240 e. The highest BCUT2D eigenvalue weighted by Crippen LogP contribution is 2.39. The highest BCUT2D eigenvalue weighted by molar-refractivity contribution is 7.89. The Balaban J connectivity index is 1.89. The molecule has 1 aliphatic heterocycles. The van der Waals surface area contributed by atoms with Crippen LogP contribution < -0.4 is 9.62 Å². The molecule has 2 atom stereocenters. The lowest BCUT2D eigenvalue weighted by Gasteiger charge is -2.22. The van der Waals surface area contributed by atoms with E-state index in [2.05, 4.69) is 4.72 Å². The number of hydrogen-bond acceptors (Lipinski definition) is 3. The van der Waals surface area contributed by atoms with Gasteiger partial charge in [0.1, 0.15) is 0 Å². The van der Waals surface area contributed by atoms with Gasteiger partial charge in [0.15, 0.2) is 0 Å². The van der Waals surface area contributed by atoms with E-state index in [1.54, 1.807) is 18.2 Å². The Hall–Kier alpha value is -1.40. The van der Waals surface area contributed by atoms with Gasteiger partial charge in [-0.1, -0.05) is 6.92 Å². The molecule has 0 aromatic heterocycles. The van der Waals surface area contributed by atoms with Crippen molar-refractivity contribution in [1.82, 2.24) is 4.72 Å². The van der Waals surface area contributed by atoms with Crippen LogP contribution in [-0.4, -0.2) is 26.4 Å².